The number of aryl methyl sites for hydroxylation is 1. The lowest BCUT2D eigenvalue weighted by Gasteiger charge is -2.20. The van der Waals surface area contributed by atoms with E-state index in [0.717, 1.165) is 12.1 Å². The van der Waals surface area contributed by atoms with Crippen LogP contribution in [0, 0.1) is 0 Å². The number of benzene rings is 2. The van der Waals surface area contributed by atoms with Gasteiger partial charge in [0.1, 0.15) is 0 Å². The molecule has 0 amide bonds. The maximum Gasteiger partial charge on any atom is 0.200 e. The maximum atomic E-state index is 6.20. The Morgan fingerprint density at radius 1 is 1.09 bits per heavy atom. The predicted molar refractivity (Wildman–Crippen MR) is 97.0 cm³/mol. The number of aliphatic imine (C=N–C) groups is 1. The molecule has 0 fully saturated rings. The molecule has 0 aromatic heterocycles. The molecule has 0 unspecified atom stereocenters. The van der Waals surface area contributed by atoms with Gasteiger partial charge in [-0.25, -0.2) is 4.99 Å². The predicted octanol–water partition coefficient (Wildman–Crippen LogP) is 5.29. The highest BCUT2D eigenvalue weighted by Gasteiger charge is 2.12. The molecule has 0 atom stereocenters. The van der Waals surface area contributed by atoms with Crippen molar-refractivity contribution in [2.45, 2.75) is 13.3 Å². The van der Waals surface area contributed by atoms with E-state index in [9.17, 15) is 0 Å². The van der Waals surface area contributed by atoms with Crippen LogP contribution in [0.4, 0.5) is 11.4 Å². The lowest BCUT2D eigenvalue weighted by Crippen LogP contribution is -2.33. The van der Waals surface area contributed by atoms with Crippen molar-refractivity contribution in [1.82, 2.24) is 0 Å². The van der Waals surface area contributed by atoms with Gasteiger partial charge in [-0.3, -0.25) is 0 Å². The summed E-state index contributed by atoms with van der Waals surface area (Å²) in [5.74, 6) is 0.313. The van der Waals surface area contributed by atoms with Crippen molar-refractivity contribution in [2.75, 3.05) is 11.9 Å². The minimum Gasteiger partial charge on any atom is -0.369 e. The van der Waals surface area contributed by atoms with E-state index in [1.54, 1.807) is 24.1 Å². The van der Waals surface area contributed by atoms with Crippen LogP contribution in [-0.4, -0.2) is 13.0 Å². The number of halogens is 3. The van der Waals surface area contributed by atoms with Gasteiger partial charge < -0.3 is 10.6 Å². The zero-order valence-electron chi connectivity index (χ0n) is 12.3. The zero-order valence-corrected chi connectivity index (χ0v) is 14.5. The number of anilines is 1. The van der Waals surface area contributed by atoms with E-state index >= 15 is 0 Å². The molecule has 22 heavy (non-hydrogen) atoms. The number of nitrogens with two attached hydrogens (primary N) is 1. The van der Waals surface area contributed by atoms with Crippen molar-refractivity contribution in [3.05, 3.63) is 57.0 Å². The van der Waals surface area contributed by atoms with Crippen molar-refractivity contribution < 1.29 is 0 Å². The van der Waals surface area contributed by atoms with Gasteiger partial charge in [0.05, 0.1) is 26.4 Å². The Kier molecular flexibility index (Phi) is 5.57. The third-order valence-corrected chi connectivity index (χ3v) is 4.28. The second kappa shape index (κ2) is 7.23. The van der Waals surface area contributed by atoms with E-state index in [0.29, 0.717) is 26.7 Å². The molecule has 0 aliphatic carbocycles. The first-order valence-electron chi connectivity index (χ1n) is 6.73. The molecule has 0 bridgehead atoms. The first-order valence-corrected chi connectivity index (χ1v) is 7.87. The van der Waals surface area contributed by atoms with E-state index in [-0.39, 0.29) is 0 Å². The Morgan fingerprint density at radius 2 is 1.77 bits per heavy atom. The summed E-state index contributed by atoms with van der Waals surface area (Å²) in [4.78, 5) is 6.09. The number of nitrogens with zero attached hydrogens (tertiary/aromatic N) is 2. The summed E-state index contributed by atoms with van der Waals surface area (Å²) < 4.78 is 0. The van der Waals surface area contributed by atoms with Gasteiger partial charge >= 0.3 is 0 Å². The van der Waals surface area contributed by atoms with E-state index in [1.165, 1.54) is 5.56 Å². The van der Waals surface area contributed by atoms with Gasteiger partial charge in [0, 0.05) is 7.05 Å². The smallest absolute Gasteiger partial charge is 0.200 e. The van der Waals surface area contributed by atoms with Crippen molar-refractivity contribution >= 4 is 52.1 Å². The first-order chi connectivity index (χ1) is 10.4. The zero-order chi connectivity index (χ0) is 16.3. The SMILES string of the molecule is CCc1cccc(N=C(N)N(C)c2cc(Cl)c(Cl)cc2Cl)c1. The molecule has 0 saturated heterocycles. The normalized spacial score (nSPS) is 11.6. The van der Waals surface area contributed by atoms with Crippen LogP contribution < -0.4 is 10.6 Å². The van der Waals surface area contributed by atoms with Crippen LogP contribution in [-0.2, 0) is 6.42 Å². The highest BCUT2D eigenvalue weighted by molar-refractivity contribution is 6.44. The molecule has 2 rings (SSSR count). The standard InChI is InChI=1S/C16H16Cl3N3/c1-3-10-5-4-6-11(7-10)21-16(20)22(2)15-9-13(18)12(17)8-14(15)19/h4-9H,3H2,1-2H3,(H2,20,21). The Balaban J connectivity index is 2.33. The van der Waals surface area contributed by atoms with E-state index in [2.05, 4.69) is 18.0 Å². The summed E-state index contributed by atoms with van der Waals surface area (Å²) in [5, 5.41) is 1.26. The average Bonchev–Trinajstić information content (AvgIpc) is 2.50. The molecule has 2 aromatic rings. The van der Waals surface area contributed by atoms with Crippen molar-refractivity contribution in [3.8, 4) is 0 Å². The third-order valence-electron chi connectivity index (χ3n) is 3.26. The van der Waals surface area contributed by atoms with E-state index in [1.807, 2.05) is 18.2 Å². The molecule has 0 aliphatic rings. The minimum absolute atomic E-state index is 0.313. The topological polar surface area (TPSA) is 41.6 Å². The second-order valence-electron chi connectivity index (χ2n) is 4.77. The molecule has 3 nitrogen and oxygen atoms in total. The molecule has 6 heteroatoms. The molecule has 0 aliphatic heterocycles. The molecule has 0 radical (unpaired) electrons. The van der Waals surface area contributed by atoms with Crippen molar-refractivity contribution in [2.24, 2.45) is 10.7 Å². The number of rotatable bonds is 3. The van der Waals surface area contributed by atoms with Crippen LogP contribution >= 0.6 is 34.8 Å². The van der Waals surface area contributed by atoms with Gasteiger partial charge in [-0.1, -0.05) is 53.9 Å². The highest BCUT2D eigenvalue weighted by atomic mass is 35.5. The quantitative estimate of drug-likeness (QED) is 0.461. The molecule has 0 spiro atoms. The van der Waals surface area contributed by atoms with Gasteiger partial charge in [-0.05, 0) is 36.2 Å². The van der Waals surface area contributed by atoms with Gasteiger partial charge in [0.15, 0.2) is 0 Å². The van der Waals surface area contributed by atoms with Crippen LogP contribution in [0.25, 0.3) is 0 Å². The van der Waals surface area contributed by atoms with Crippen LogP contribution in [0.2, 0.25) is 15.1 Å². The molecule has 2 N–H and O–H groups in total. The molecule has 2 aromatic carbocycles. The summed E-state index contributed by atoms with van der Waals surface area (Å²) in [6, 6.07) is 11.2. The fourth-order valence-corrected chi connectivity index (χ4v) is 2.61. The van der Waals surface area contributed by atoms with E-state index in [4.69, 9.17) is 40.5 Å². The van der Waals surface area contributed by atoms with Gasteiger partial charge in [0.25, 0.3) is 0 Å². The number of guanidine groups is 1. The van der Waals surface area contributed by atoms with Crippen molar-refractivity contribution in [3.63, 3.8) is 0 Å². The fourth-order valence-electron chi connectivity index (χ4n) is 1.95. The highest BCUT2D eigenvalue weighted by Crippen LogP contribution is 2.34. The summed E-state index contributed by atoms with van der Waals surface area (Å²) in [5.41, 5.74) is 8.70. The molecular weight excluding hydrogens is 341 g/mol. The second-order valence-corrected chi connectivity index (χ2v) is 5.99. The van der Waals surface area contributed by atoms with Crippen LogP contribution in [0.3, 0.4) is 0 Å². The molecule has 0 heterocycles. The van der Waals surface area contributed by atoms with Crippen molar-refractivity contribution in [1.29, 1.82) is 0 Å². The van der Waals surface area contributed by atoms with Gasteiger partial charge in [-0.2, -0.15) is 0 Å². The van der Waals surface area contributed by atoms with Crippen LogP contribution in [0.15, 0.2) is 41.4 Å². The molecule has 0 saturated carbocycles. The number of hydrogen-bond donors (Lipinski definition) is 1. The fraction of sp³-hybridized carbons (Fsp3) is 0.188. The molecular formula is C16H16Cl3N3. The Hall–Kier alpha value is -1.42. The van der Waals surface area contributed by atoms with Crippen LogP contribution in [0.5, 0.6) is 0 Å². The maximum absolute atomic E-state index is 6.20. The third kappa shape index (κ3) is 3.86. The minimum atomic E-state index is 0.313. The summed E-state index contributed by atoms with van der Waals surface area (Å²) in [6.07, 6.45) is 0.942. The Morgan fingerprint density at radius 3 is 2.45 bits per heavy atom. The first kappa shape index (κ1) is 16.9. The molecule has 116 valence electrons. The van der Waals surface area contributed by atoms with Gasteiger partial charge in [0.2, 0.25) is 5.96 Å². The lowest BCUT2D eigenvalue weighted by molar-refractivity contribution is 1.14. The summed E-state index contributed by atoms with van der Waals surface area (Å²) in [7, 11) is 1.77. The monoisotopic (exact) mass is 355 g/mol. The number of hydrogen-bond acceptors (Lipinski definition) is 1. The Bertz CT molecular complexity index is 714. The largest absolute Gasteiger partial charge is 0.369 e. The summed E-state index contributed by atoms with van der Waals surface area (Å²) >= 11 is 18.2. The van der Waals surface area contributed by atoms with E-state index < -0.39 is 0 Å². The summed E-state index contributed by atoms with van der Waals surface area (Å²) in [6.45, 7) is 2.09. The van der Waals surface area contributed by atoms with Crippen LogP contribution in [0.1, 0.15) is 12.5 Å². The average molecular weight is 357 g/mol. The Labute approximate surface area is 145 Å². The lowest BCUT2D eigenvalue weighted by atomic mass is 10.1. The van der Waals surface area contributed by atoms with Gasteiger partial charge in [-0.15, -0.1) is 0 Å².